The fourth-order valence-corrected chi connectivity index (χ4v) is 2.53. The van der Waals surface area contributed by atoms with E-state index in [0.29, 0.717) is 10.8 Å². The lowest BCUT2D eigenvalue weighted by Gasteiger charge is -2.13. The van der Waals surface area contributed by atoms with Crippen LogP contribution in [0.4, 0.5) is 0 Å². The normalized spacial score (nSPS) is 10.8. The Labute approximate surface area is 152 Å². The van der Waals surface area contributed by atoms with E-state index in [1.165, 1.54) is 6.21 Å². The first kappa shape index (κ1) is 18.8. The Balaban J connectivity index is 1.91. The molecule has 0 saturated carbocycles. The number of hydrogen-bond acceptors (Lipinski definition) is 4. The largest absolute Gasteiger partial charge is 0.495 e. The first-order valence-corrected chi connectivity index (χ1v) is 8.15. The van der Waals surface area contributed by atoms with Crippen LogP contribution in [0, 0.1) is 20.8 Å². The second-order valence-corrected chi connectivity index (χ2v) is 6.04. The van der Waals surface area contributed by atoms with Crippen molar-refractivity contribution in [3.05, 3.63) is 57.6 Å². The lowest BCUT2D eigenvalue weighted by molar-refractivity contribution is -0.123. The van der Waals surface area contributed by atoms with Crippen LogP contribution in [0.3, 0.4) is 0 Å². The Hall–Kier alpha value is -2.53. The Bertz CT molecular complexity index is 803. The van der Waals surface area contributed by atoms with E-state index >= 15 is 0 Å². The molecule has 0 unspecified atom stereocenters. The van der Waals surface area contributed by atoms with Crippen molar-refractivity contribution in [1.29, 1.82) is 0 Å². The van der Waals surface area contributed by atoms with Crippen molar-refractivity contribution in [2.45, 2.75) is 20.8 Å². The molecule has 0 aromatic heterocycles. The monoisotopic (exact) mass is 360 g/mol. The maximum Gasteiger partial charge on any atom is 0.277 e. The standard InChI is InChI=1S/C19H21ClN2O3/c1-12-5-6-13(2)19(14(12)3)25-11-18(23)22-21-10-15-7-8-17(24-4)16(20)9-15/h5-10H,11H2,1-4H3,(H,22,23). The highest BCUT2D eigenvalue weighted by atomic mass is 35.5. The number of hydrogen-bond donors (Lipinski definition) is 1. The van der Waals surface area contributed by atoms with Crippen LogP contribution in [0.25, 0.3) is 0 Å². The van der Waals surface area contributed by atoms with E-state index < -0.39 is 0 Å². The number of ether oxygens (including phenoxy) is 2. The van der Waals surface area contributed by atoms with Gasteiger partial charge in [0, 0.05) is 0 Å². The van der Waals surface area contributed by atoms with Gasteiger partial charge in [-0.05, 0) is 61.2 Å². The quantitative estimate of drug-likeness (QED) is 0.629. The minimum atomic E-state index is -0.337. The van der Waals surface area contributed by atoms with Crippen molar-refractivity contribution in [3.63, 3.8) is 0 Å². The SMILES string of the molecule is COc1ccc(C=NNC(=O)COc2c(C)ccc(C)c2C)cc1Cl. The van der Waals surface area contributed by atoms with Crippen LogP contribution in [0.1, 0.15) is 22.3 Å². The highest BCUT2D eigenvalue weighted by molar-refractivity contribution is 6.32. The molecule has 2 rings (SSSR count). The molecule has 0 saturated heterocycles. The fourth-order valence-electron chi connectivity index (χ4n) is 2.26. The van der Waals surface area contributed by atoms with E-state index in [1.54, 1.807) is 25.3 Å². The fraction of sp³-hybridized carbons (Fsp3) is 0.263. The summed E-state index contributed by atoms with van der Waals surface area (Å²) in [5, 5.41) is 4.39. The predicted molar refractivity (Wildman–Crippen MR) is 99.9 cm³/mol. The third-order valence-electron chi connectivity index (χ3n) is 3.80. The molecule has 0 spiro atoms. The van der Waals surface area contributed by atoms with Crippen molar-refractivity contribution in [3.8, 4) is 11.5 Å². The molecule has 6 heteroatoms. The summed E-state index contributed by atoms with van der Waals surface area (Å²) in [5.41, 5.74) is 6.33. The smallest absolute Gasteiger partial charge is 0.277 e. The molecular weight excluding hydrogens is 340 g/mol. The average Bonchev–Trinajstić information content (AvgIpc) is 2.58. The molecule has 0 aliphatic carbocycles. The summed E-state index contributed by atoms with van der Waals surface area (Å²) < 4.78 is 10.7. The molecule has 0 heterocycles. The van der Waals surface area contributed by atoms with Crippen molar-refractivity contribution >= 4 is 23.7 Å². The number of carbonyl (C=O) groups is 1. The van der Waals surface area contributed by atoms with Crippen LogP contribution in [0.2, 0.25) is 5.02 Å². The third kappa shape index (κ3) is 4.97. The number of halogens is 1. The lowest BCUT2D eigenvalue weighted by Crippen LogP contribution is -2.25. The Kier molecular flexibility index (Phi) is 6.42. The molecule has 5 nitrogen and oxygen atoms in total. The predicted octanol–water partition coefficient (Wildman–Crippen LogP) is 3.80. The summed E-state index contributed by atoms with van der Waals surface area (Å²) in [5.74, 6) is 0.984. The van der Waals surface area contributed by atoms with Gasteiger partial charge >= 0.3 is 0 Å². The zero-order valence-electron chi connectivity index (χ0n) is 14.7. The number of carbonyl (C=O) groups excluding carboxylic acids is 1. The summed E-state index contributed by atoms with van der Waals surface area (Å²) in [6.45, 7) is 5.82. The summed E-state index contributed by atoms with van der Waals surface area (Å²) in [4.78, 5) is 11.9. The zero-order valence-corrected chi connectivity index (χ0v) is 15.5. The number of benzene rings is 2. The van der Waals surface area contributed by atoms with Gasteiger partial charge < -0.3 is 9.47 Å². The van der Waals surface area contributed by atoms with Gasteiger partial charge in [-0.25, -0.2) is 5.43 Å². The number of rotatable bonds is 6. The van der Waals surface area contributed by atoms with Crippen molar-refractivity contribution < 1.29 is 14.3 Å². The zero-order chi connectivity index (χ0) is 18.4. The number of nitrogens with one attached hydrogen (secondary N) is 1. The van der Waals surface area contributed by atoms with E-state index in [9.17, 15) is 4.79 Å². The van der Waals surface area contributed by atoms with E-state index in [-0.39, 0.29) is 12.5 Å². The summed E-state index contributed by atoms with van der Waals surface area (Å²) in [6.07, 6.45) is 1.51. The maximum absolute atomic E-state index is 11.9. The molecule has 0 radical (unpaired) electrons. The second-order valence-electron chi connectivity index (χ2n) is 5.63. The van der Waals surface area contributed by atoms with E-state index in [2.05, 4.69) is 10.5 Å². The number of nitrogens with zero attached hydrogens (tertiary/aromatic N) is 1. The van der Waals surface area contributed by atoms with E-state index in [0.717, 1.165) is 28.0 Å². The van der Waals surface area contributed by atoms with Crippen LogP contribution in [-0.2, 0) is 4.79 Å². The van der Waals surface area contributed by atoms with Gasteiger partial charge in [0.15, 0.2) is 6.61 Å². The van der Waals surface area contributed by atoms with Gasteiger partial charge in [-0.3, -0.25) is 4.79 Å². The molecule has 0 bridgehead atoms. The Morgan fingerprint density at radius 3 is 2.60 bits per heavy atom. The summed E-state index contributed by atoms with van der Waals surface area (Å²) >= 11 is 6.04. The van der Waals surface area contributed by atoms with Crippen LogP contribution < -0.4 is 14.9 Å². The van der Waals surface area contributed by atoms with Crippen LogP contribution in [0.5, 0.6) is 11.5 Å². The van der Waals surface area contributed by atoms with Gasteiger partial charge in [0.05, 0.1) is 18.3 Å². The highest BCUT2D eigenvalue weighted by Gasteiger charge is 2.08. The highest BCUT2D eigenvalue weighted by Crippen LogP contribution is 2.25. The van der Waals surface area contributed by atoms with Gasteiger partial charge in [-0.15, -0.1) is 0 Å². The van der Waals surface area contributed by atoms with Gasteiger partial charge in [0.1, 0.15) is 11.5 Å². The molecular formula is C19H21ClN2O3. The minimum absolute atomic E-state index is 0.105. The van der Waals surface area contributed by atoms with Crippen LogP contribution in [0.15, 0.2) is 35.4 Å². The third-order valence-corrected chi connectivity index (χ3v) is 4.10. The first-order valence-electron chi connectivity index (χ1n) is 7.77. The second kappa shape index (κ2) is 8.53. The molecule has 2 aromatic rings. The topological polar surface area (TPSA) is 59.9 Å². The van der Waals surface area contributed by atoms with Crippen LogP contribution >= 0.6 is 11.6 Å². The van der Waals surface area contributed by atoms with Gasteiger partial charge in [-0.1, -0.05) is 23.7 Å². The summed E-state index contributed by atoms with van der Waals surface area (Å²) in [7, 11) is 1.55. The first-order chi connectivity index (χ1) is 11.9. The number of hydrazone groups is 1. The maximum atomic E-state index is 11.9. The number of methoxy groups -OCH3 is 1. The number of aryl methyl sites for hydroxylation is 2. The minimum Gasteiger partial charge on any atom is -0.495 e. The molecule has 132 valence electrons. The van der Waals surface area contributed by atoms with E-state index in [4.69, 9.17) is 21.1 Å². The Morgan fingerprint density at radius 2 is 1.92 bits per heavy atom. The van der Waals surface area contributed by atoms with Crippen molar-refractivity contribution in [2.75, 3.05) is 13.7 Å². The van der Waals surface area contributed by atoms with Crippen molar-refractivity contribution in [1.82, 2.24) is 5.43 Å². The summed E-state index contributed by atoms with van der Waals surface area (Å²) in [6, 6.07) is 9.23. The van der Waals surface area contributed by atoms with Gasteiger partial charge in [0.2, 0.25) is 0 Å². The van der Waals surface area contributed by atoms with E-state index in [1.807, 2.05) is 32.9 Å². The number of amides is 1. The molecule has 1 amide bonds. The van der Waals surface area contributed by atoms with Crippen molar-refractivity contribution in [2.24, 2.45) is 5.10 Å². The Morgan fingerprint density at radius 1 is 1.20 bits per heavy atom. The molecule has 1 N–H and O–H groups in total. The average molecular weight is 361 g/mol. The van der Waals surface area contributed by atoms with Crippen LogP contribution in [-0.4, -0.2) is 25.8 Å². The molecule has 0 atom stereocenters. The molecule has 25 heavy (non-hydrogen) atoms. The molecule has 0 aliphatic rings. The lowest BCUT2D eigenvalue weighted by atomic mass is 10.1. The molecule has 0 fully saturated rings. The van der Waals surface area contributed by atoms with Gasteiger partial charge in [-0.2, -0.15) is 5.10 Å². The molecule has 2 aromatic carbocycles. The molecule has 0 aliphatic heterocycles. The van der Waals surface area contributed by atoms with Gasteiger partial charge in [0.25, 0.3) is 5.91 Å².